The Kier molecular flexibility index (Phi) is 4.52. The van der Waals surface area contributed by atoms with Gasteiger partial charge in [-0.1, -0.05) is 19.0 Å². The number of carbonyl (C=O) groups excluding carboxylic acids is 1. The lowest BCUT2D eigenvalue weighted by Crippen LogP contribution is -2.52. The van der Waals surface area contributed by atoms with Crippen LogP contribution in [0.5, 0.6) is 0 Å². The lowest BCUT2D eigenvalue weighted by Gasteiger charge is -2.30. The van der Waals surface area contributed by atoms with E-state index in [1.165, 1.54) is 12.8 Å². The van der Waals surface area contributed by atoms with Crippen molar-refractivity contribution in [2.75, 3.05) is 13.1 Å². The molecule has 0 aromatic carbocycles. The molecule has 2 fully saturated rings. The molecule has 0 aromatic heterocycles. The van der Waals surface area contributed by atoms with Crippen molar-refractivity contribution in [1.29, 1.82) is 0 Å². The minimum absolute atomic E-state index is 0.0112. The summed E-state index contributed by atoms with van der Waals surface area (Å²) < 4.78 is 0. The first-order chi connectivity index (χ1) is 9.57. The van der Waals surface area contributed by atoms with E-state index >= 15 is 0 Å². The summed E-state index contributed by atoms with van der Waals surface area (Å²) in [5.41, 5.74) is 4.88. The van der Waals surface area contributed by atoms with Gasteiger partial charge in [0, 0.05) is 25.2 Å². The molecule has 4 N–H and O–H groups in total. The summed E-state index contributed by atoms with van der Waals surface area (Å²) in [5, 5.41) is 15.1. The second-order valence-corrected chi connectivity index (χ2v) is 5.96. The Morgan fingerprint density at radius 1 is 1.40 bits per heavy atom. The molecular formula is C14H26N4O2. The number of hydrogen-bond donors (Lipinski definition) is 3. The molecule has 0 aromatic rings. The molecule has 0 bridgehead atoms. The number of carbonyl (C=O) groups is 1. The normalized spacial score (nSPS) is 24.9. The predicted molar refractivity (Wildman–Crippen MR) is 77.6 cm³/mol. The van der Waals surface area contributed by atoms with Crippen LogP contribution >= 0.6 is 0 Å². The van der Waals surface area contributed by atoms with Crippen LogP contribution < -0.4 is 11.1 Å². The highest BCUT2D eigenvalue weighted by atomic mass is 16.4. The molecule has 20 heavy (non-hydrogen) atoms. The molecule has 1 atom stereocenters. The van der Waals surface area contributed by atoms with Crippen LogP contribution in [0.15, 0.2) is 5.16 Å². The number of oxime groups is 1. The van der Waals surface area contributed by atoms with E-state index in [0.29, 0.717) is 12.8 Å². The SMILES string of the molecule is CCC(CC)(C(=O)NC1CCN(C2CC2)C1)C(N)=NO. The summed E-state index contributed by atoms with van der Waals surface area (Å²) in [6.45, 7) is 5.78. The van der Waals surface area contributed by atoms with Gasteiger partial charge >= 0.3 is 0 Å². The second kappa shape index (κ2) is 5.99. The molecule has 2 aliphatic rings. The van der Waals surface area contributed by atoms with Crippen molar-refractivity contribution >= 4 is 11.7 Å². The molecule has 0 spiro atoms. The van der Waals surface area contributed by atoms with Gasteiger partial charge in [-0.3, -0.25) is 9.69 Å². The van der Waals surface area contributed by atoms with Crippen molar-refractivity contribution in [3.05, 3.63) is 0 Å². The van der Waals surface area contributed by atoms with Gasteiger partial charge in [-0.15, -0.1) is 0 Å². The van der Waals surface area contributed by atoms with Crippen molar-refractivity contribution in [2.45, 2.75) is 58.0 Å². The van der Waals surface area contributed by atoms with E-state index in [2.05, 4.69) is 15.4 Å². The fourth-order valence-electron chi connectivity index (χ4n) is 3.15. The molecule has 2 rings (SSSR count). The van der Waals surface area contributed by atoms with Gasteiger partial charge in [0.25, 0.3) is 0 Å². The summed E-state index contributed by atoms with van der Waals surface area (Å²) in [6.07, 6.45) is 4.63. The Morgan fingerprint density at radius 2 is 2.05 bits per heavy atom. The fraction of sp³-hybridized carbons (Fsp3) is 0.857. The van der Waals surface area contributed by atoms with E-state index in [-0.39, 0.29) is 17.8 Å². The van der Waals surface area contributed by atoms with Gasteiger partial charge in [0.05, 0.1) is 0 Å². The van der Waals surface area contributed by atoms with Gasteiger partial charge in [-0.2, -0.15) is 0 Å². The molecular weight excluding hydrogens is 256 g/mol. The van der Waals surface area contributed by atoms with Crippen molar-refractivity contribution in [1.82, 2.24) is 10.2 Å². The molecule has 0 radical (unpaired) electrons. The van der Waals surface area contributed by atoms with Crippen LogP contribution in [0, 0.1) is 5.41 Å². The number of hydrogen-bond acceptors (Lipinski definition) is 4. The lowest BCUT2D eigenvalue weighted by molar-refractivity contribution is -0.128. The van der Waals surface area contributed by atoms with E-state index < -0.39 is 5.41 Å². The Balaban J connectivity index is 1.98. The Morgan fingerprint density at radius 3 is 2.55 bits per heavy atom. The van der Waals surface area contributed by atoms with Gasteiger partial charge in [-0.25, -0.2) is 0 Å². The van der Waals surface area contributed by atoms with Crippen LogP contribution in [-0.2, 0) is 4.79 Å². The van der Waals surface area contributed by atoms with Gasteiger partial charge in [-0.05, 0) is 32.1 Å². The summed E-state index contributed by atoms with van der Waals surface area (Å²) in [5.74, 6) is -0.0995. The highest BCUT2D eigenvalue weighted by molar-refractivity contribution is 6.06. The smallest absolute Gasteiger partial charge is 0.234 e. The quantitative estimate of drug-likeness (QED) is 0.292. The molecule has 1 heterocycles. The van der Waals surface area contributed by atoms with E-state index in [9.17, 15) is 4.79 Å². The van der Waals surface area contributed by atoms with Crippen molar-refractivity contribution < 1.29 is 10.0 Å². The second-order valence-electron chi connectivity index (χ2n) is 5.96. The maximum absolute atomic E-state index is 12.6. The summed E-state index contributed by atoms with van der Waals surface area (Å²) in [6, 6.07) is 0.926. The summed E-state index contributed by atoms with van der Waals surface area (Å²) >= 11 is 0. The van der Waals surface area contributed by atoms with E-state index in [1.54, 1.807) is 0 Å². The molecule has 6 nitrogen and oxygen atoms in total. The van der Waals surface area contributed by atoms with Crippen LogP contribution in [0.25, 0.3) is 0 Å². The zero-order valence-electron chi connectivity index (χ0n) is 12.4. The third-order valence-corrected chi connectivity index (χ3v) is 4.86. The largest absolute Gasteiger partial charge is 0.409 e. The summed E-state index contributed by atoms with van der Waals surface area (Å²) in [7, 11) is 0. The molecule has 1 saturated carbocycles. The van der Waals surface area contributed by atoms with Crippen LogP contribution in [0.1, 0.15) is 46.0 Å². The lowest BCUT2D eigenvalue weighted by atomic mass is 9.80. The standard InChI is InChI=1S/C14H26N4O2/c1-3-14(4-2,12(15)17-20)13(19)16-10-7-8-18(9-10)11-5-6-11/h10-11,20H,3-9H2,1-2H3,(H2,15,17)(H,16,19). The highest BCUT2D eigenvalue weighted by Crippen LogP contribution is 2.31. The molecule has 1 unspecified atom stereocenters. The number of amides is 1. The number of nitrogens with one attached hydrogen (secondary N) is 1. The molecule has 1 aliphatic carbocycles. The Labute approximate surface area is 120 Å². The van der Waals surface area contributed by atoms with Gasteiger partial charge < -0.3 is 16.3 Å². The van der Waals surface area contributed by atoms with Crippen LogP contribution in [0.3, 0.4) is 0 Å². The number of amidine groups is 1. The average molecular weight is 282 g/mol. The molecule has 114 valence electrons. The molecule has 1 aliphatic heterocycles. The van der Waals surface area contributed by atoms with Crippen LogP contribution in [0.2, 0.25) is 0 Å². The topological polar surface area (TPSA) is 91.0 Å². The third-order valence-electron chi connectivity index (χ3n) is 4.86. The van der Waals surface area contributed by atoms with Gasteiger partial charge in [0.2, 0.25) is 5.91 Å². The molecule has 1 amide bonds. The zero-order valence-corrected chi connectivity index (χ0v) is 12.4. The highest BCUT2D eigenvalue weighted by Gasteiger charge is 2.42. The van der Waals surface area contributed by atoms with Crippen LogP contribution in [0.4, 0.5) is 0 Å². The number of nitrogens with two attached hydrogens (primary N) is 1. The fourth-order valence-corrected chi connectivity index (χ4v) is 3.15. The Hall–Kier alpha value is -1.30. The molecule has 6 heteroatoms. The van der Waals surface area contributed by atoms with Crippen molar-refractivity contribution in [3.63, 3.8) is 0 Å². The minimum atomic E-state index is -0.887. The first kappa shape index (κ1) is 15.1. The maximum Gasteiger partial charge on any atom is 0.234 e. The van der Waals surface area contributed by atoms with Crippen LogP contribution in [-0.4, -0.2) is 47.0 Å². The zero-order chi connectivity index (χ0) is 14.8. The first-order valence-electron chi connectivity index (χ1n) is 7.60. The number of nitrogens with zero attached hydrogens (tertiary/aromatic N) is 2. The molecule has 1 saturated heterocycles. The minimum Gasteiger partial charge on any atom is -0.409 e. The predicted octanol–water partition coefficient (Wildman–Crippen LogP) is 0.892. The number of likely N-dealkylation sites (tertiary alicyclic amines) is 1. The van der Waals surface area contributed by atoms with Crippen molar-refractivity contribution in [3.8, 4) is 0 Å². The summed E-state index contributed by atoms with van der Waals surface area (Å²) in [4.78, 5) is 15.0. The Bertz CT molecular complexity index is 389. The van der Waals surface area contributed by atoms with E-state index in [0.717, 1.165) is 25.6 Å². The average Bonchev–Trinajstić information content (AvgIpc) is 3.21. The number of rotatable bonds is 6. The maximum atomic E-state index is 12.6. The van der Waals surface area contributed by atoms with Crippen molar-refractivity contribution in [2.24, 2.45) is 16.3 Å². The van der Waals surface area contributed by atoms with Gasteiger partial charge in [0.15, 0.2) is 5.84 Å². The third kappa shape index (κ3) is 2.75. The van der Waals surface area contributed by atoms with E-state index in [1.807, 2.05) is 13.8 Å². The first-order valence-corrected chi connectivity index (χ1v) is 7.60. The monoisotopic (exact) mass is 282 g/mol. The van der Waals surface area contributed by atoms with E-state index in [4.69, 9.17) is 10.9 Å². The van der Waals surface area contributed by atoms with Gasteiger partial charge in [0.1, 0.15) is 5.41 Å².